The highest BCUT2D eigenvalue weighted by Gasteiger charge is 2.08. The standard InChI is InChI=1S/C15H13BrFNO2/c1-10-8-11(16)6-7-14(10)20-9-15(19)18-13-5-3-2-4-12(13)17/h2-8H,9H2,1H3,(H,18,19). The molecule has 0 fully saturated rings. The van der Waals surface area contributed by atoms with Crippen LogP contribution in [0.3, 0.4) is 0 Å². The molecule has 0 aromatic heterocycles. The molecule has 0 unspecified atom stereocenters. The molecule has 0 saturated carbocycles. The topological polar surface area (TPSA) is 38.3 Å². The van der Waals surface area contributed by atoms with Crippen LogP contribution in [0.25, 0.3) is 0 Å². The maximum Gasteiger partial charge on any atom is 0.262 e. The normalized spacial score (nSPS) is 10.2. The summed E-state index contributed by atoms with van der Waals surface area (Å²) in [6, 6.07) is 11.5. The fourth-order valence-corrected chi connectivity index (χ4v) is 2.14. The van der Waals surface area contributed by atoms with Crippen LogP contribution in [-0.4, -0.2) is 12.5 Å². The van der Waals surface area contributed by atoms with E-state index in [0.29, 0.717) is 5.75 Å². The van der Waals surface area contributed by atoms with Gasteiger partial charge in [-0.1, -0.05) is 28.1 Å². The van der Waals surface area contributed by atoms with E-state index in [1.54, 1.807) is 18.2 Å². The van der Waals surface area contributed by atoms with Gasteiger partial charge in [0.25, 0.3) is 5.91 Å². The van der Waals surface area contributed by atoms with Gasteiger partial charge in [-0.05, 0) is 42.8 Å². The number of hydrogen-bond acceptors (Lipinski definition) is 2. The lowest BCUT2D eigenvalue weighted by molar-refractivity contribution is -0.118. The Hall–Kier alpha value is -1.88. The van der Waals surface area contributed by atoms with Gasteiger partial charge in [0.2, 0.25) is 0 Å². The summed E-state index contributed by atoms with van der Waals surface area (Å²) in [6.45, 7) is 1.71. The van der Waals surface area contributed by atoms with Crippen LogP contribution < -0.4 is 10.1 Å². The Kier molecular flexibility index (Phi) is 4.74. The Morgan fingerprint density at radius 2 is 2.05 bits per heavy atom. The first-order valence-corrected chi connectivity index (χ1v) is 6.79. The summed E-state index contributed by atoms with van der Waals surface area (Å²) in [4.78, 5) is 11.7. The Balaban J connectivity index is 1.94. The summed E-state index contributed by atoms with van der Waals surface area (Å²) in [5.41, 5.74) is 1.06. The molecular weight excluding hydrogens is 325 g/mol. The molecule has 0 heterocycles. The van der Waals surface area contributed by atoms with Crippen LogP contribution in [0.5, 0.6) is 5.75 Å². The van der Waals surface area contributed by atoms with Crippen molar-refractivity contribution < 1.29 is 13.9 Å². The number of nitrogens with one attached hydrogen (secondary N) is 1. The first-order chi connectivity index (χ1) is 9.56. The molecule has 2 aromatic carbocycles. The van der Waals surface area contributed by atoms with Crippen LogP contribution in [0.1, 0.15) is 5.56 Å². The average molecular weight is 338 g/mol. The minimum atomic E-state index is -0.472. The molecular formula is C15H13BrFNO2. The van der Waals surface area contributed by atoms with Gasteiger partial charge >= 0.3 is 0 Å². The summed E-state index contributed by atoms with van der Waals surface area (Å²) in [7, 11) is 0. The van der Waals surface area contributed by atoms with E-state index in [4.69, 9.17) is 4.74 Å². The van der Waals surface area contributed by atoms with Gasteiger partial charge in [0.1, 0.15) is 11.6 Å². The molecule has 104 valence electrons. The van der Waals surface area contributed by atoms with E-state index in [1.165, 1.54) is 12.1 Å². The molecule has 0 atom stereocenters. The van der Waals surface area contributed by atoms with E-state index in [9.17, 15) is 9.18 Å². The third-order valence-corrected chi connectivity index (χ3v) is 3.14. The molecule has 0 bridgehead atoms. The van der Waals surface area contributed by atoms with Gasteiger partial charge in [-0.3, -0.25) is 4.79 Å². The van der Waals surface area contributed by atoms with Gasteiger partial charge in [0.05, 0.1) is 5.69 Å². The van der Waals surface area contributed by atoms with Crippen molar-refractivity contribution in [3.8, 4) is 5.75 Å². The van der Waals surface area contributed by atoms with Crippen LogP contribution in [-0.2, 0) is 4.79 Å². The zero-order chi connectivity index (χ0) is 14.5. The number of amides is 1. The van der Waals surface area contributed by atoms with E-state index in [-0.39, 0.29) is 12.3 Å². The van der Waals surface area contributed by atoms with Gasteiger partial charge in [0, 0.05) is 4.47 Å². The molecule has 3 nitrogen and oxygen atoms in total. The summed E-state index contributed by atoms with van der Waals surface area (Å²) in [6.07, 6.45) is 0. The van der Waals surface area contributed by atoms with E-state index in [0.717, 1.165) is 10.0 Å². The highest BCUT2D eigenvalue weighted by molar-refractivity contribution is 9.10. The van der Waals surface area contributed by atoms with E-state index in [2.05, 4.69) is 21.2 Å². The molecule has 2 rings (SSSR count). The molecule has 1 amide bonds. The molecule has 0 saturated heterocycles. The fourth-order valence-electron chi connectivity index (χ4n) is 1.67. The number of rotatable bonds is 4. The second-order valence-corrected chi connectivity index (χ2v) is 5.14. The summed E-state index contributed by atoms with van der Waals surface area (Å²) >= 11 is 3.35. The smallest absolute Gasteiger partial charge is 0.262 e. The van der Waals surface area contributed by atoms with Gasteiger partial charge in [-0.15, -0.1) is 0 Å². The first-order valence-electron chi connectivity index (χ1n) is 5.99. The van der Waals surface area contributed by atoms with Crippen molar-refractivity contribution in [2.75, 3.05) is 11.9 Å². The van der Waals surface area contributed by atoms with Gasteiger partial charge in [0.15, 0.2) is 6.61 Å². The number of halogens is 2. The van der Waals surface area contributed by atoms with Crippen molar-refractivity contribution in [1.82, 2.24) is 0 Å². The van der Waals surface area contributed by atoms with Gasteiger partial charge in [-0.2, -0.15) is 0 Å². The van der Waals surface area contributed by atoms with Crippen molar-refractivity contribution in [2.24, 2.45) is 0 Å². The molecule has 1 N–H and O–H groups in total. The molecule has 0 aliphatic heterocycles. The fraction of sp³-hybridized carbons (Fsp3) is 0.133. The largest absolute Gasteiger partial charge is 0.483 e. The number of ether oxygens (including phenoxy) is 1. The van der Waals surface area contributed by atoms with Crippen molar-refractivity contribution in [3.05, 3.63) is 58.3 Å². The zero-order valence-electron chi connectivity index (χ0n) is 10.8. The van der Waals surface area contributed by atoms with E-state index in [1.807, 2.05) is 19.1 Å². The molecule has 0 aliphatic rings. The molecule has 5 heteroatoms. The average Bonchev–Trinajstić information content (AvgIpc) is 2.40. The minimum absolute atomic E-state index is 0.147. The Morgan fingerprint density at radius 3 is 2.75 bits per heavy atom. The van der Waals surface area contributed by atoms with Crippen molar-refractivity contribution >= 4 is 27.5 Å². The summed E-state index contributed by atoms with van der Waals surface area (Å²) in [5.74, 6) is -0.255. The second-order valence-electron chi connectivity index (χ2n) is 4.23. The van der Waals surface area contributed by atoms with Crippen molar-refractivity contribution in [2.45, 2.75) is 6.92 Å². The molecule has 0 spiro atoms. The highest BCUT2D eigenvalue weighted by Crippen LogP contribution is 2.22. The Bertz CT molecular complexity index is 631. The molecule has 20 heavy (non-hydrogen) atoms. The second kappa shape index (κ2) is 6.52. The maximum absolute atomic E-state index is 13.4. The predicted octanol–water partition coefficient (Wildman–Crippen LogP) is 3.91. The number of benzene rings is 2. The highest BCUT2D eigenvalue weighted by atomic mass is 79.9. The molecule has 0 aliphatic carbocycles. The predicted molar refractivity (Wildman–Crippen MR) is 79.4 cm³/mol. The molecule has 2 aromatic rings. The van der Waals surface area contributed by atoms with Crippen molar-refractivity contribution in [3.63, 3.8) is 0 Å². The van der Waals surface area contributed by atoms with Crippen LogP contribution in [0.4, 0.5) is 10.1 Å². The number of anilines is 1. The Morgan fingerprint density at radius 1 is 1.30 bits per heavy atom. The first kappa shape index (κ1) is 14.5. The van der Waals surface area contributed by atoms with Gasteiger partial charge in [-0.25, -0.2) is 4.39 Å². The lowest BCUT2D eigenvalue weighted by Gasteiger charge is -2.10. The lowest BCUT2D eigenvalue weighted by atomic mass is 10.2. The van der Waals surface area contributed by atoms with E-state index >= 15 is 0 Å². The van der Waals surface area contributed by atoms with Crippen molar-refractivity contribution in [1.29, 1.82) is 0 Å². The van der Waals surface area contributed by atoms with E-state index < -0.39 is 11.7 Å². The zero-order valence-corrected chi connectivity index (χ0v) is 12.4. The number of hydrogen-bond donors (Lipinski definition) is 1. The maximum atomic E-state index is 13.4. The minimum Gasteiger partial charge on any atom is -0.483 e. The quantitative estimate of drug-likeness (QED) is 0.918. The van der Waals surface area contributed by atoms with Crippen LogP contribution >= 0.6 is 15.9 Å². The Labute approximate surface area is 124 Å². The number of carbonyl (C=O) groups is 1. The lowest BCUT2D eigenvalue weighted by Crippen LogP contribution is -2.21. The number of aryl methyl sites for hydroxylation is 1. The summed E-state index contributed by atoms with van der Waals surface area (Å²) < 4.78 is 19.7. The SMILES string of the molecule is Cc1cc(Br)ccc1OCC(=O)Nc1ccccc1F. The number of carbonyl (C=O) groups excluding carboxylic acids is 1. The van der Waals surface area contributed by atoms with Crippen LogP contribution in [0, 0.1) is 12.7 Å². The summed E-state index contributed by atoms with van der Waals surface area (Å²) in [5, 5.41) is 2.46. The third kappa shape index (κ3) is 3.81. The van der Waals surface area contributed by atoms with Crippen LogP contribution in [0.2, 0.25) is 0 Å². The van der Waals surface area contributed by atoms with Crippen LogP contribution in [0.15, 0.2) is 46.9 Å². The number of para-hydroxylation sites is 1. The van der Waals surface area contributed by atoms with Gasteiger partial charge < -0.3 is 10.1 Å². The molecule has 0 radical (unpaired) electrons. The third-order valence-electron chi connectivity index (χ3n) is 2.64. The monoisotopic (exact) mass is 337 g/mol.